The molecule has 2 aromatic carbocycles. The minimum atomic E-state index is -3.74. The first kappa shape index (κ1) is 25.8. The maximum Gasteiger partial charge on any atom is 0.338 e. The van der Waals surface area contributed by atoms with E-state index in [1.165, 1.54) is 66.9 Å². The molecule has 1 heterocycles. The zero-order valence-corrected chi connectivity index (χ0v) is 20.6. The van der Waals surface area contributed by atoms with Crippen LogP contribution >= 0.6 is 0 Å². The largest absolute Gasteiger partial charge is 0.452 e. The van der Waals surface area contributed by atoms with Crippen molar-refractivity contribution in [3.63, 3.8) is 0 Å². The lowest BCUT2D eigenvalue weighted by Gasteiger charge is -2.26. The molecular weight excluding hydrogens is 482 g/mol. The Bertz CT molecular complexity index is 1270. The molecule has 0 unspecified atom stereocenters. The molecule has 3 rings (SSSR count). The molecule has 0 saturated carbocycles. The van der Waals surface area contributed by atoms with Crippen LogP contribution in [0.25, 0.3) is 0 Å². The van der Waals surface area contributed by atoms with E-state index in [1.54, 1.807) is 0 Å². The second-order valence-corrected chi connectivity index (χ2v) is 12.0. The summed E-state index contributed by atoms with van der Waals surface area (Å²) < 4.78 is 57.6. The number of rotatable bonds is 8. The number of esters is 1. The van der Waals surface area contributed by atoms with Crippen molar-refractivity contribution in [1.82, 2.24) is 8.61 Å². The van der Waals surface area contributed by atoms with Crippen molar-refractivity contribution in [2.45, 2.75) is 29.1 Å². The smallest absolute Gasteiger partial charge is 0.338 e. The summed E-state index contributed by atoms with van der Waals surface area (Å²) in [4.78, 5) is 24.6. The molecule has 1 aliphatic rings. The van der Waals surface area contributed by atoms with Crippen LogP contribution in [-0.2, 0) is 29.6 Å². The first-order valence-electron chi connectivity index (χ1n) is 10.6. The van der Waals surface area contributed by atoms with Crippen molar-refractivity contribution in [3.05, 3.63) is 54.1 Å². The lowest BCUT2D eigenvalue weighted by atomic mass is 10.2. The molecule has 0 spiro atoms. The Morgan fingerprint density at radius 3 is 2.26 bits per heavy atom. The molecule has 184 valence electrons. The molecule has 12 heteroatoms. The fraction of sp³-hybridized carbons (Fsp3) is 0.364. The summed E-state index contributed by atoms with van der Waals surface area (Å²) >= 11 is 0. The van der Waals surface area contributed by atoms with Gasteiger partial charge in [-0.25, -0.2) is 25.9 Å². The Morgan fingerprint density at radius 2 is 1.59 bits per heavy atom. The van der Waals surface area contributed by atoms with E-state index in [0.29, 0.717) is 13.1 Å². The highest BCUT2D eigenvalue weighted by Crippen LogP contribution is 2.23. The molecular formula is C22H27N3O7S2. The van der Waals surface area contributed by atoms with Crippen LogP contribution in [0.5, 0.6) is 0 Å². The molecule has 1 amide bonds. The van der Waals surface area contributed by atoms with Gasteiger partial charge in [0.15, 0.2) is 6.61 Å². The van der Waals surface area contributed by atoms with Crippen molar-refractivity contribution in [1.29, 1.82) is 0 Å². The highest BCUT2D eigenvalue weighted by atomic mass is 32.2. The van der Waals surface area contributed by atoms with Crippen molar-refractivity contribution >= 4 is 37.6 Å². The minimum Gasteiger partial charge on any atom is -0.452 e. The molecule has 1 aliphatic heterocycles. The van der Waals surface area contributed by atoms with Gasteiger partial charge in [0.2, 0.25) is 20.0 Å². The van der Waals surface area contributed by atoms with Crippen molar-refractivity contribution in [3.8, 4) is 0 Å². The molecule has 0 radical (unpaired) electrons. The Morgan fingerprint density at radius 1 is 0.941 bits per heavy atom. The van der Waals surface area contributed by atoms with Gasteiger partial charge in [-0.05, 0) is 49.2 Å². The molecule has 1 saturated heterocycles. The average Bonchev–Trinajstić information content (AvgIpc) is 2.83. The molecule has 1 fully saturated rings. The Kier molecular flexibility index (Phi) is 8.08. The SMILES string of the molecule is CN(C)S(=O)(=O)c1cccc(C(=O)OCC(=O)Nc2cccc(S(=O)(=O)N3CCCCC3)c2)c1. The Hall–Kier alpha value is -2.80. The number of carbonyl (C=O) groups is 2. The summed E-state index contributed by atoms with van der Waals surface area (Å²) in [6.45, 7) is 0.296. The number of hydrogen-bond acceptors (Lipinski definition) is 7. The molecule has 0 bridgehead atoms. The normalized spacial score (nSPS) is 15.1. The first-order chi connectivity index (χ1) is 16.0. The van der Waals surface area contributed by atoms with Gasteiger partial charge in [0.05, 0.1) is 15.4 Å². The average molecular weight is 510 g/mol. The van der Waals surface area contributed by atoms with Gasteiger partial charge in [-0.3, -0.25) is 4.79 Å². The topological polar surface area (TPSA) is 130 Å². The number of nitrogens with one attached hydrogen (secondary N) is 1. The minimum absolute atomic E-state index is 0.0228. The van der Waals surface area contributed by atoms with Crippen molar-refractivity contribution in [2.24, 2.45) is 0 Å². The number of carbonyl (C=O) groups excluding carboxylic acids is 2. The van der Waals surface area contributed by atoms with Crippen LogP contribution in [0.2, 0.25) is 0 Å². The van der Waals surface area contributed by atoms with Crippen LogP contribution in [-0.4, -0.2) is 71.1 Å². The maximum atomic E-state index is 12.8. The molecule has 0 atom stereocenters. The zero-order valence-electron chi connectivity index (χ0n) is 18.9. The van der Waals surface area contributed by atoms with Gasteiger partial charge in [0.25, 0.3) is 5.91 Å². The number of benzene rings is 2. The van der Waals surface area contributed by atoms with Crippen LogP contribution in [0.3, 0.4) is 0 Å². The number of nitrogens with zero attached hydrogens (tertiary/aromatic N) is 2. The third-order valence-corrected chi connectivity index (χ3v) is 8.96. The van der Waals surface area contributed by atoms with E-state index in [9.17, 15) is 26.4 Å². The number of hydrogen-bond donors (Lipinski definition) is 1. The van der Waals surface area contributed by atoms with Gasteiger partial charge in [-0.1, -0.05) is 18.6 Å². The number of anilines is 1. The summed E-state index contributed by atoms with van der Waals surface area (Å²) in [5.74, 6) is -1.54. The highest BCUT2D eigenvalue weighted by molar-refractivity contribution is 7.89. The zero-order chi connectivity index (χ0) is 24.9. The number of piperidine rings is 1. The Labute approximate surface area is 199 Å². The monoisotopic (exact) mass is 509 g/mol. The van der Waals surface area contributed by atoms with Crippen LogP contribution in [0.4, 0.5) is 5.69 Å². The van der Waals surface area contributed by atoms with E-state index in [0.717, 1.165) is 23.6 Å². The second-order valence-electron chi connectivity index (χ2n) is 7.93. The third-order valence-electron chi connectivity index (χ3n) is 5.25. The fourth-order valence-corrected chi connectivity index (χ4v) is 5.91. The van der Waals surface area contributed by atoms with E-state index in [4.69, 9.17) is 4.74 Å². The van der Waals surface area contributed by atoms with E-state index in [-0.39, 0.29) is 21.0 Å². The van der Waals surface area contributed by atoms with Crippen molar-refractivity contribution in [2.75, 3.05) is 39.1 Å². The van der Waals surface area contributed by atoms with Gasteiger partial charge < -0.3 is 10.1 Å². The van der Waals surface area contributed by atoms with Crippen LogP contribution in [0, 0.1) is 0 Å². The molecule has 2 aromatic rings. The summed E-state index contributed by atoms with van der Waals surface area (Å²) in [6, 6.07) is 11.2. The van der Waals surface area contributed by atoms with Gasteiger partial charge in [0, 0.05) is 32.9 Å². The predicted molar refractivity (Wildman–Crippen MR) is 125 cm³/mol. The van der Waals surface area contributed by atoms with Gasteiger partial charge in [-0.2, -0.15) is 4.31 Å². The summed E-state index contributed by atoms with van der Waals surface area (Å²) in [7, 11) is -4.65. The van der Waals surface area contributed by atoms with Crippen LogP contribution in [0.15, 0.2) is 58.3 Å². The van der Waals surface area contributed by atoms with E-state index in [2.05, 4.69) is 5.32 Å². The maximum absolute atomic E-state index is 12.8. The summed E-state index contributed by atoms with van der Waals surface area (Å²) in [6.07, 6.45) is 2.62. The number of ether oxygens (including phenoxy) is 1. The van der Waals surface area contributed by atoms with Gasteiger partial charge >= 0.3 is 5.97 Å². The Balaban J connectivity index is 1.63. The second kappa shape index (κ2) is 10.6. The van der Waals surface area contributed by atoms with E-state index < -0.39 is 38.5 Å². The molecule has 34 heavy (non-hydrogen) atoms. The third kappa shape index (κ3) is 6.00. The quantitative estimate of drug-likeness (QED) is 0.538. The number of sulfonamides is 2. The van der Waals surface area contributed by atoms with E-state index in [1.807, 2.05) is 0 Å². The standard InChI is InChI=1S/C22H27N3O7S2/c1-24(2)33(28,29)19-10-6-8-17(14-19)22(27)32-16-21(26)23-18-9-7-11-20(15-18)34(30,31)25-12-4-3-5-13-25/h6-11,14-15H,3-5,12-13,16H2,1-2H3,(H,23,26). The molecule has 0 aliphatic carbocycles. The predicted octanol–water partition coefficient (Wildman–Crippen LogP) is 1.91. The molecule has 0 aromatic heterocycles. The fourth-order valence-electron chi connectivity index (χ4n) is 3.39. The van der Waals surface area contributed by atoms with Crippen LogP contribution < -0.4 is 5.32 Å². The van der Waals surface area contributed by atoms with Crippen molar-refractivity contribution < 1.29 is 31.2 Å². The van der Waals surface area contributed by atoms with Gasteiger partial charge in [-0.15, -0.1) is 0 Å². The highest BCUT2D eigenvalue weighted by Gasteiger charge is 2.26. The summed E-state index contributed by atoms with van der Waals surface area (Å²) in [5, 5.41) is 2.51. The van der Waals surface area contributed by atoms with Gasteiger partial charge in [0.1, 0.15) is 0 Å². The summed E-state index contributed by atoms with van der Waals surface area (Å²) in [5.41, 5.74) is 0.226. The van der Waals surface area contributed by atoms with E-state index >= 15 is 0 Å². The van der Waals surface area contributed by atoms with Crippen LogP contribution in [0.1, 0.15) is 29.6 Å². The molecule has 1 N–H and O–H groups in total. The number of amides is 1. The molecule has 10 nitrogen and oxygen atoms in total. The lowest BCUT2D eigenvalue weighted by Crippen LogP contribution is -2.35. The lowest BCUT2D eigenvalue weighted by molar-refractivity contribution is -0.119. The first-order valence-corrected chi connectivity index (χ1v) is 13.5.